The summed E-state index contributed by atoms with van der Waals surface area (Å²) in [6.07, 6.45) is 1.85. The highest BCUT2D eigenvalue weighted by atomic mass is 79.9. The van der Waals surface area contributed by atoms with Crippen LogP contribution in [0.15, 0.2) is 28.7 Å². The summed E-state index contributed by atoms with van der Waals surface area (Å²) in [7, 11) is 0. The van der Waals surface area contributed by atoms with Crippen LogP contribution in [0.25, 0.3) is 0 Å². The number of carbonyl (C=O) groups excluding carboxylic acids is 1. The highest BCUT2D eigenvalue weighted by molar-refractivity contribution is 9.10. The number of likely N-dealkylation sites (tertiary alicyclic amines) is 1. The zero-order valence-electron chi connectivity index (χ0n) is 11.0. The van der Waals surface area contributed by atoms with Crippen LogP contribution in [-0.2, 0) is 4.79 Å². The summed E-state index contributed by atoms with van der Waals surface area (Å²) in [4.78, 5) is 24.6. The molecule has 0 radical (unpaired) electrons. The zero-order valence-corrected chi connectivity index (χ0v) is 12.6. The van der Waals surface area contributed by atoms with E-state index in [4.69, 9.17) is 5.11 Å². The van der Waals surface area contributed by atoms with Crippen LogP contribution in [-0.4, -0.2) is 35.1 Å². The molecule has 108 valence electrons. The van der Waals surface area contributed by atoms with Crippen molar-refractivity contribution in [2.45, 2.75) is 19.3 Å². The molecule has 1 atom stereocenters. The van der Waals surface area contributed by atoms with E-state index in [0.29, 0.717) is 13.1 Å². The van der Waals surface area contributed by atoms with Crippen molar-refractivity contribution >= 4 is 33.6 Å². The zero-order chi connectivity index (χ0) is 14.5. The smallest absolute Gasteiger partial charge is 0.321 e. The number of urea groups is 1. The van der Waals surface area contributed by atoms with Crippen molar-refractivity contribution in [2.24, 2.45) is 5.92 Å². The molecule has 1 aromatic rings. The van der Waals surface area contributed by atoms with Gasteiger partial charge in [0.05, 0.1) is 0 Å². The van der Waals surface area contributed by atoms with E-state index in [-0.39, 0.29) is 18.4 Å². The van der Waals surface area contributed by atoms with Gasteiger partial charge in [-0.2, -0.15) is 0 Å². The van der Waals surface area contributed by atoms with Gasteiger partial charge in [0.15, 0.2) is 0 Å². The lowest BCUT2D eigenvalue weighted by molar-refractivity contribution is -0.138. The number of carboxylic acids is 1. The number of benzene rings is 1. The Balaban J connectivity index is 1.91. The standard InChI is InChI=1S/C14H17BrN2O3/c15-11-3-5-12(6-4-11)16-14(20)17-7-1-2-10(9-17)8-13(18)19/h3-6,10H,1-2,7-9H2,(H,16,20)(H,18,19). The van der Waals surface area contributed by atoms with Gasteiger partial charge in [-0.15, -0.1) is 0 Å². The first-order chi connectivity index (χ1) is 9.54. The second-order valence-electron chi connectivity index (χ2n) is 4.99. The fraction of sp³-hybridized carbons (Fsp3) is 0.429. The molecule has 2 N–H and O–H groups in total. The average molecular weight is 341 g/mol. The van der Waals surface area contributed by atoms with E-state index in [9.17, 15) is 9.59 Å². The molecule has 2 amide bonds. The molecule has 5 nitrogen and oxygen atoms in total. The van der Waals surface area contributed by atoms with Crippen molar-refractivity contribution in [3.63, 3.8) is 0 Å². The highest BCUT2D eigenvalue weighted by Gasteiger charge is 2.25. The third-order valence-electron chi connectivity index (χ3n) is 3.36. The number of aliphatic carboxylic acids is 1. The van der Waals surface area contributed by atoms with Gasteiger partial charge in [-0.1, -0.05) is 15.9 Å². The van der Waals surface area contributed by atoms with Gasteiger partial charge < -0.3 is 15.3 Å². The van der Waals surface area contributed by atoms with E-state index in [1.807, 2.05) is 24.3 Å². The maximum absolute atomic E-state index is 12.1. The first-order valence-electron chi connectivity index (χ1n) is 6.58. The quantitative estimate of drug-likeness (QED) is 0.887. The molecule has 1 aromatic carbocycles. The van der Waals surface area contributed by atoms with Crippen molar-refractivity contribution in [3.05, 3.63) is 28.7 Å². The number of anilines is 1. The molecule has 1 heterocycles. The Morgan fingerprint density at radius 2 is 2.05 bits per heavy atom. The van der Waals surface area contributed by atoms with Crippen LogP contribution in [0.4, 0.5) is 10.5 Å². The minimum atomic E-state index is -0.801. The maximum Gasteiger partial charge on any atom is 0.321 e. The molecule has 1 fully saturated rings. The summed E-state index contributed by atoms with van der Waals surface area (Å²) in [5.74, 6) is -0.748. The lowest BCUT2D eigenvalue weighted by Crippen LogP contribution is -2.42. The van der Waals surface area contributed by atoms with Gasteiger partial charge in [0.2, 0.25) is 0 Å². The van der Waals surface area contributed by atoms with Crippen molar-refractivity contribution in [1.29, 1.82) is 0 Å². The van der Waals surface area contributed by atoms with E-state index in [1.54, 1.807) is 4.90 Å². The Bertz CT molecular complexity index is 490. The number of hydrogen-bond acceptors (Lipinski definition) is 2. The molecule has 0 spiro atoms. The Morgan fingerprint density at radius 3 is 2.70 bits per heavy atom. The molecule has 0 saturated carbocycles. The molecule has 1 saturated heterocycles. The van der Waals surface area contributed by atoms with Gasteiger partial charge in [-0.05, 0) is 43.0 Å². The minimum absolute atomic E-state index is 0.0527. The number of carboxylic acid groups (broad SMARTS) is 1. The Labute approximate surface area is 126 Å². The fourth-order valence-electron chi connectivity index (χ4n) is 2.40. The summed E-state index contributed by atoms with van der Waals surface area (Å²) < 4.78 is 0.954. The number of halogens is 1. The van der Waals surface area contributed by atoms with Crippen LogP contribution in [0.3, 0.4) is 0 Å². The summed E-state index contributed by atoms with van der Waals surface area (Å²) in [5, 5.41) is 11.7. The molecule has 0 bridgehead atoms. The summed E-state index contributed by atoms with van der Waals surface area (Å²) in [6, 6.07) is 7.20. The van der Waals surface area contributed by atoms with E-state index in [2.05, 4.69) is 21.2 Å². The number of nitrogens with one attached hydrogen (secondary N) is 1. The van der Waals surface area contributed by atoms with Gasteiger partial charge in [0.25, 0.3) is 0 Å². The molecule has 2 rings (SSSR count). The van der Waals surface area contributed by atoms with Gasteiger partial charge >= 0.3 is 12.0 Å². The van der Waals surface area contributed by atoms with Crippen molar-refractivity contribution in [1.82, 2.24) is 4.90 Å². The normalized spacial score (nSPS) is 18.6. The first kappa shape index (κ1) is 14.8. The second-order valence-corrected chi connectivity index (χ2v) is 5.90. The molecule has 1 aliphatic rings. The average Bonchev–Trinajstić information content (AvgIpc) is 2.41. The predicted molar refractivity (Wildman–Crippen MR) is 79.7 cm³/mol. The summed E-state index contributed by atoms with van der Waals surface area (Å²) in [5.41, 5.74) is 0.735. The number of hydrogen-bond donors (Lipinski definition) is 2. The number of piperidine rings is 1. The fourth-order valence-corrected chi connectivity index (χ4v) is 2.66. The van der Waals surface area contributed by atoms with Crippen LogP contribution in [0, 0.1) is 5.92 Å². The SMILES string of the molecule is O=C(O)CC1CCCN(C(=O)Nc2ccc(Br)cc2)C1. The summed E-state index contributed by atoms with van der Waals surface area (Å²) in [6.45, 7) is 1.19. The van der Waals surface area contributed by atoms with Gasteiger partial charge in [0.1, 0.15) is 0 Å². The topological polar surface area (TPSA) is 69.6 Å². The molecule has 6 heteroatoms. The largest absolute Gasteiger partial charge is 0.481 e. The van der Waals surface area contributed by atoms with Gasteiger partial charge in [-0.3, -0.25) is 4.79 Å². The van der Waals surface area contributed by atoms with Gasteiger partial charge in [-0.25, -0.2) is 4.79 Å². The Hall–Kier alpha value is -1.56. The molecular formula is C14H17BrN2O3. The number of carbonyl (C=O) groups is 2. The highest BCUT2D eigenvalue weighted by Crippen LogP contribution is 2.21. The lowest BCUT2D eigenvalue weighted by atomic mass is 9.95. The monoisotopic (exact) mass is 340 g/mol. The number of rotatable bonds is 3. The maximum atomic E-state index is 12.1. The molecule has 20 heavy (non-hydrogen) atoms. The van der Waals surface area contributed by atoms with Crippen molar-refractivity contribution in [2.75, 3.05) is 18.4 Å². The van der Waals surface area contributed by atoms with E-state index in [1.165, 1.54) is 0 Å². The molecule has 0 aromatic heterocycles. The van der Waals surface area contributed by atoms with Crippen LogP contribution >= 0.6 is 15.9 Å². The predicted octanol–water partition coefficient (Wildman–Crippen LogP) is 3.17. The molecule has 1 aliphatic heterocycles. The number of nitrogens with zero attached hydrogens (tertiary/aromatic N) is 1. The van der Waals surface area contributed by atoms with E-state index in [0.717, 1.165) is 23.0 Å². The third kappa shape index (κ3) is 4.23. The third-order valence-corrected chi connectivity index (χ3v) is 3.89. The number of amides is 2. The van der Waals surface area contributed by atoms with Crippen LogP contribution in [0.2, 0.25) is 0 Å². The van der Waals surface area contributed by atoms with Gasteiger partial charge in [0, 0.05) is 29.7 Å². The molecule has 1 unspecified atom stereocenters. The van der Waals surface area contributed by atoms with Crippen LogP contribution in [0.5, 0.6) is 0 Å². The molecular weight excluding hydrogens is 324 g/mol. The molecule has 0 aliphatic carbocycles. The Kier molecular flexibility index (Phi) is 5.00. The van der Waals surface area contributed by atoms with E-state index >= 15 is 0 Å². The second kappa shape index (κ2) is 6.74. The van der Waals surface area contributed by atoms with Crippen molar-refractivity contribution < 1.29 is 14.7 Å². The van der Waals surface area contributed by atoms with Crippen LogP contribution < -0.4 is 5.32 Å². The lowest BCUT2D eigenvalue weighted by Gasteiger charge is -2.32. The van der Waals surface area contributed by atoms with Crippen molar-refractivity contribution in [3.8, 4) is 0 Å². The van der Waals surface area contributed by atoms with Crippen LogP contribution in [0.1, 0.15) is 19.3 Å². The first-order valence-corrected chi connectivity index (χ1v) is 7.37. The Morgan fingerprint density at radius 1 is 1.35 bits per heavy atom. The summed E-state index contributed by atoms with van der Waals surface area (Å²) >= 11 is 3.34. The van der Waals surface area contributed by atoms with E-state index < -0.39 is 5.97 Å². The minimum Gasteiger partial charge on any atom is -0.481 e.